The number of carbonyl (C=O) groups excluding carboxylic acids is 2. The molecule has 0 aliphatic heterocycles. The van der Waals surface area contributed by atoms with E-state index in [1.807, 2.05) is 0 Å². The topological polar surface area (TPSA) is 117 Å². The summed E-state index contributed by atoms with van der Waals surface area (Å²) in [5.41, 5.74) is 0.889. The molecule has 35 heavy (non-hydrogen) atoms. The first-order chi connectivity index (χ1) is 17.0. The normalized spacial score (nSPS) is 13.5. The van der Waals surface area contributed by atoms with Gasteiger partial charge in [-0.2, -0.15) is 5.26 Å². The lowest BCUT2D eigenvalue weighted by Gasteiger charge is -2.16. The number of amides is 2. The van der Waals surface area contributed by atoms with E-state index < -0.39 is 23.0 Å². The fourth-order valence-electron chi connectivity index (χ4n) is 3.62. The summed E-state index contributed by atoms with van der Waals surface area (Å²) >= 11 is 0. The molecule has 0 saturated heterocycles. The van der Waals surface area contributed by atoms with E-state index in [0.717, 1.165) is 0 Å². The van der Waals surface area contributed by atoms with Gasteiger partial charge in [0.25, 0.3) is 0 Å². The Morgan fingerprint density at radius 1 is 0.914 bits per heavy atom. The van der Waals surface area contributed by atoms with Crippen LogP contribution in [0.2, 0.25) is 0 Å². The van der Waals surface area contributed by atoms with Gasteiger partial charge >= 0.3 is 0 Å². The van der Waals surface area contributed by atoms with Crippen molar-refractivity contribution in [1.29, 1.82) is 5.26 Å². The summed E-state index contributed by atoms with van der Waals surface area (Å²) in [4.78, 5) is 33.9. The number of aromatic nitrogens is 2. The number of hydrogen-bond donors (Lipinski definition) is 2. The summed E-state index contributed by atoms with van der Waals surface area (Å²) in [6.45, 7) is 0. The Balaban J connectivity index is 1.26. The number of nitrogens with zero attached hydrogens (tertiary/aromatic N) is 3. The second kappa shape index (κ2) is 8.83. The number of benzene rings is 3. The maximum absolute atomic E-state index is 13.1. The van der Waals surface area contributed by atoms with E-state index in [4.69, 9.17) is 10.00 Å². The fourth-order valence-corrected chi connectivity index (χ4v) is 3.62. The van der Waals surface area contributed by atoms with Crippen molar-refractivity contribution in [1.82, 2.24) is 9.97 Å². The molecular weight excluding hydrogens is 449 g/mol. The van der Waals surface area contributed by atoms with Crippen molar-refractivity contribution in [3.63, 3.8) is 0 Å². The molecule has 0 unspecified atom stereocenters. The van der Waals surface area contributed by atoms with Gasteiger partial charge in [0.2, 0.25) is 17.7 Å². The number of rotatable bonds is 6. The third kappa shape index (κ3) is 4.50. The van der Waals surface area contributed by atoms with E-state index in [1.165, 1.54) is 30.6 Å². The molecular formula is C26H18FN5O3. The summed E-state index contributed by atoms with van der Waals surface area (Å²) in [6.07, 6.45) is 2.24. The van der Waals surface area contributed by atoms with E-state index in [2.05, 4.69) is 26.7 Å². The molecule has 2 N–H and O–H groups in total. The smallest absolute Gasteiger partial charge is 0.240 e. The quantitative estimate of drug-likeness (QED) is 0.394. The van der Waals surface area contributed by atoms with E-state index in [-0.39, 0.29) is 0 Å². The fraction of sp³-hybridized carbons (Fsp3) is 0.115. The zero-order chi connectivity index (χ0) is 24.4. The maximum Gasteiger partial charge on any atom is 0.240 e. The molecule has 2 amide bonds. The van der Waals surface area contributed by atoms with E-state index in [9.17, 15) is 14.0 Å². The molecule has 1 aliphatic rings. The van der Waals surface area contributed by atoms with Gasteiger partial charge in [-0.25, -0.2) is 14.4 Å². The monoisotopic (exact) mass is 467 g/mol. The average Bonchev–Trinajstić information content (AvgIpc) is 3.69. The molecule has 8 nitrogen and oxygen atoms in total. The number of hydrogen-bond acceptors (Lipinski definition) is 6. The Hall–Kier alpha value is -4.84. The van der Waals surface area contributed by atoms with E-state index in [1.54, 1.807) is 42.5 Å². The van der Waals surface area contributed by atoms with Gasteiger partial charge in [0.1, 0.15) is 23.3 Å². The molecule has 0 radical (unpaired) electrons. The van der Waals surface area contributed by atoms with Crippen LogP contribution in [0.5, 0.6) is 11.6 Å². The first kappa shape index (κ1) is 22.0. The standard InChI is InChI=1S/C26H18FN5O3/c27-17-2-4-18(5-3-17)31-24(33)26(11-12-26)25(34)32-19-6-8-20(9-7-19)35-23-21-13-16(14-28)1-10-22(21)29-15-30-23/h1-10,13,15H,11-12H2,(H,31,33)(H,32,34). The molecule has 0 spiro atoms. The number of ether oxygens (including phenoxy) is 1. The second-order valence-electron chi connectivity index (χ2n) is 8.15. The van der Waals surface area contributed by atoms with Gasteiger partial charge in [0, 0.05) is 11.4 Å². The van der Waals surface area contributed by atoms with Crippen LogP contribution in [-0.2, 0) is 9.59 Å². The highest BCUT2D eigenvalue weighted by atomic mass is 19.1. The highest BCUT2D eigenvalue weighted by molar-refractivity contribution is 6.16. The van der Waals surface area contributed by atoms with Crippen molar-refractivity contribution in [3.05, 3.63) is 84.4 Å². The lowest BCUT2D eigenvalue weighted by atomic mass is 10.0. The number of fused-ring (bicyclic) bond motifs is 1. The van der Waals surface area contributed by atoms with Crippen LogP contribution >= 0.6 is 0 Å². The molecule has 5 rings (SSSR count). The SMILES string of the molecule is N#Cc1ccc2ncnc(Oc3ccc(NC(=O)C4(C(=O)Nc5ccc(F)cc5)CC4)cc3)c2c1. The Bertz CT molecular complexity index is 1480. The Kier molecular flexibility index (Phi) is 5.55. The van der Waals surface area contributed by atoms with Crippen molar-refractivity contribution in [2.24, 2.45) is 5.41 Å². The summed E-state index contributed by atoms with van der Waals surface area (Å²) in [5.74, 6) is -0.460. The highest BCUT2D eigenvalue weighted by Gasteiger charge is 2.56. The predicted octanol–water partition coefficient (Wildman–Crippen LogP) is 4.79. The predicted molar refractivity (Wildman–Crippen MR) is 126 cm³/mol. The van der Waals surface area contributed by atoms with Crippen LogP contribution in [0.15, 0.2) is 73.1 Å². The molecule has 1 saturated carbocycles. The zero-order valence-corrected chi connectivity index (χ0v) is 18.3. The third-order valence-electron chi connectivity index (χ3n) is 5.78. The molecule has 1 fully saturated rings. The number of nitrogens with one attached hydrogen (secondary N) is 2. The van der Waals surface area contributed by atoms with E-state index in [0.29, 0.717) is 52.3 Å². The molecule has 9 heteroatoms. The molecule has 0 bridgehead atoms. The van der Waals surface area contributed by atoms with Crippen molar-refractivity contribution >= 4 is 34.1 Å². The summed E-state index contributed by atoms with van der Waals surface area (Å²) in [7, 11) is 0. The molecule has 1 aliphatic carbocycles. The third-order valence-corrected chi connectivity index (χ3v) is 5.78. The van der Waals surface area contributed by atoms with Crippen LogP contribution in [0.25, 0.3) is 10.9 Å². The summed E-state index contributed by atoms with van der Waals surface area (Å²) in [6, 6.07) is 19.2. The molecule has 1 aromatic heterocycles. The molecule has 0 atom stereocenters. The molecule has 4 aromatic rings. The summed E-state index contributed by atoms with van der Waals surface area (Å²) in [5, 5.41) is 15.2. The van der Waals surface area contributed by atoms with Crippen LogP contribution < -0.4 is 15.4 Å². The van der Waals surface area contributed by atoms with Crippen molar-refractivity contribution in [2.45, 2.75) is 12.8 Å². The summed E-state index contributed by atoms with van der Waals surface area (Å²) < 4.78 is 19.0. The number of anilines is 2. The van der Waals surface area contributed by atoms with Gasteiger partial charge in [-0.05, 0) is 79.6 Å². The Morgan fingerprint density at radius 2 is 1.54 bits per heavy atom. The zero-order valence-electron chi connectivity index (χ0n) is 18.3. The van der Waals surface area contributed by atoms with Crippen LogP contribution in [0, 0.1) is 22.6 Å². The molecule has 1 heterocycles. The minimum Gasteiger partial charge on any atom is -0.438 e. The number of halogens is 1. The van der Waals surface area contributed by atoms with Crippen LogP contribution in [0.3, 0.4) is 0 Å². The van der Waals surface area contributed by atoms with E-state index >= 15 is 0 Å². The second-order valence-corrected chi connectivity index (χ2v) is 8.15. The molecule has 3 aromatic carbocycles. The first-order valence-corrected chi connectivity index (χ1v) is 10.8. The first-order valence-electron chi connectivity index (χ1n) is 10.8. The lowest BCUT2D eigenvalue weighted by Crippen LogP contribution is -2.35. The highest BCUT2D eigenvalue weighted by Crippen LogP contribution is 2.47. The Labute approximate surface area is 199 Å². The largest absolute Gasteiger partial charge is 0.438 e. The molecule has 172 valence electrons. The lowest BCUT2D eigenvalue weighted by molar-refractivity contribution is -0.131. The minimum atomic E-state index is -1.15. The Morgan fingerprint density at radius 3 is 2.14 bits per heavy atom. The van der Waals surface area contributed by atoms with Crippen LogP contribution in [-0.4, -0.2) is 21.8 Å². The minimum absolute atomic E-state index is 0.304. The van der Waals surface area contributed by atoms with Crippen molar-refractivity contribution in [3.8, 4) is 17.7 Å². The van der Waals surface area contributed by atoms with Gasteiger partial charge in [-0.15, -0.1) is 0 Å². The number of carbonyl (C=O) groups is 2. The van der Waals surface area contributed by atoms with Gasteiger partial charge in [-0.3, -0.25) is 9.59 Å². The van der Waals surface area contributed by atoms with Gasteiger partial charge < -0.3 is 15.4 Å². The van der Waals surface area contributed by atoms with Gasteiger partial charge in [0.05, 0.1) is 22.5 Å². The van der Waals surface area contributed by atoms with Gasteiger partial charge in [-0.1, -0.05) is 0 Å². The van der Waals surface area contributed by atoms with Crippen molar-refractivity contribution < 1.29 is 18.7 Å². The average molecular weight is 467 g/mol. The number of nitriles is 1. The van der Waals surface area contributed by atoms with Crippen LogP contribution in [0.4, 0.5) is 15.8 Å². The van der Waals surface area contributed by atoms with Crippen LogP contribution in [0.1, 0.15) is 18.4 Å². The maximum atomic E-state index is 13.1. The van der Waals surface area contributed by atoms with Crippen molar-refractivity contribution in [2.75, 3.05) is 10.6 Å². The van der Waals surface area contributed by atoms with Gasteiger partial charge in [0.15, 0.2) is 0 Å².